The zero-order valence-electron chi connectivity index (χ0n) is 12.6. The Morgan fingerprint density at radius 2 is 1.80 bits per heavy atom. The molecule has 1 heterocycles. The third kappa shape index (κ3) is 3.22. The third-order valence-electron chi connectivity index (χ3n) is 4.94. The zero-order chi connectivity index (χ0) is 13.8. The molecule has 1 aromatic rings. The van der Waals surface area contributed by atoms with Crippen LogP contribution in [0.4, 0.5) is 0 Å². The second-order valence-electron chi connectivity index (χ2n) is 6.47. The maximum atomic E-state index is 5.55. The minimum absolute atomic E-state index is 0.498. The molecule has 0 aromatic carbocycles. The molecule has 0 radical (unpaired) electrons. The highest BCUT2D eigenvalue weighted by molar-refractivity contribution is 5.02. The molecule has 20 heavy (non-hydrogen) atoms. The summed E-state index contributed by atoms with van der Waals surface area (Å²) in [5.41, 5.74) is 0. The Labute approximate surface area is 121 Å². The fourth-order valence-corrected chi connectivity index (χ4v) is 3.66. The quantitative estimate of drug-likeness (QED) is 0.890. The summed E-state index contributed by atoms with van der Waals surface area (Å²) in [6.07, 6.45) is 11.2. The topological polar surface area (TPSA) is 51.0 Å². The summed E-state index contributed by atoms with van der Waals surface area (Å²) in [4.78, 5) is 4.70. The minimum atomic E-state index is 0.498. The van der Waals surface area contributed by atoms with Crippen molar-refractivity contribution in [1.82, 2.24) is 15.5 Å². The first kappa shape index (κ1) is 14.1. The molecule has 2 saturated carbocycles. The molecule has 2 aliphatic rings. The van der Waals surface area contributed by atoms with Crippen molar-refractivity contribution in [2.75, 3.05) is 6.54 Å². The van der Waals surface area contributed by atoms with Gasteiger partial charge in [0, 0.05) is 17.9 Å². The van der Waals surface area contributed by atoms with Crippen molar-refractivity contribution in [1.29, 1.82) is 0 Å². The fraction of sp³-hybridized carbons (Fsp3) is 0.875. The lowest BCUT2D eigenvalue weighted by Crippen LogP contribution is -2.33. The van der Waals surface area contributed by atoms with Gasteiger partial charge in [-0.2, -0.15) is 4.98 Å². The van der Waals surface area contributed by atoms with Gasteiger partial charge in [-0.1, -0.05) is 24.9 Å². The summed E-state index contributed by atoms with van der Waals surface area (Å²) in [5, 5.41) is 7.87. The van der Waals surface area contributed by atoms with Crippen LogP contribution in [0, 0.1) is 0 Å². The van der Waals surface area contributed by atoms with Crippen LogP contribution in [-0.2, 0) is 0 Å². The number of hydrogen-bond donors (Lipinski definition) is 1. The lowest BCUT2D eigenvalue weighted by molar-refractivity contribution is 0.282. The van der Waals surface area contributed by atoms with Crippen LogP contribution in [0.2, 0.25) is 0 Å². The predicted octanol–water partition coefficient (Wildman–Crippen LogP) is 3.75. The minimum Gasteiger partial charge on any atom is -0.339 e. The van der Waals surface area contributed by atoms with Crippen molar-refractivity contribution in [3.8, 4) is 0 Å². The van der Waals surface area contributed by atoms with Crippen molar-refractivity contribution in [3.05, 3.63) is 11.7 Å². The molecular formula is C16H27N3O. The van der Waals surface area contributed by atoms with E-state index in [4.69, 9.17) is 9.51 Å². The summed E-state index contributed by atoms with van der Waals surface area (Å²) in [7, 11) is 0. The van der Waals surface area contributed by atoms with Crippen molar-refractivity contribution < 1.29 is 4.52 Å². The highest BCUT2D eigenvalue weighted by atomic mass is 16.5. The fourth-order valence-electron chi connectivity index (χ4n) is 3.66. The highest BCUT2D eigenvalue weighted by Gasteiger charge is 2.28. The number of rotatable bonds is 5. The van der Waals surface area contributed by atoms with Gasteiger partial charge < -0.3 is 9.84 Å². The van der Waals surface area contributed by atoms with Gasteiger partial charge >= 0.3 is 0 Å². The maximum absolute atomic E-state index is 5.55. The number of hydrogen-bond acceptors (Lipinski definition) is 4. The molecule has 0 unspecified atom stereocenters. The highest BCUT2D eigenvalue weighted by Crippen LogP contribution is 2.35. The Kier molecular flexibility index (Phi) is 4.71. The standard InChI is InChI=1S/C16H27N3O/c1-2-11-17-14-9-7-13(8-10-14)16-18-15(19-20-16)12-5-3-4-6-12/h12-14,17H,2-11H2,1H3. The molecule has 112 valence electrons. The van der Waals surface area contributed by atoms with E-state index in [-0.39, 0.29) is 0 Å². The number of nitrogens with one attached hydrogen (secondary N) is 1. The second kappa shape index (κ2) is 6.70. The Morgan fingerprint density at radius 3 is 2.50 bits per heavy atom. The summed E-state index contributed by atoms with van der Waals surface area (Å²) in [6, 6.07) is 0.698. The van der Waals surface area contributed by atoms with Crippen LogP contribution in [0.15, 0.2) is 4.52 Å². The van der Waals surface area contributed by atoms with Gasteiger partial charge in [0.25, 0.3) is 0 Å². The molecule has 1 aromatic heterocycles. The van der Waals surface area contributed by atoms with E-state index >= 15 is 0 Å². The van der Waals surface area contributed by atoms with E-state index in [0.29, 0.717) is 17.9 Å². The largest absolute Gasteiger partial charge is 0.339 e. The van der Waals surface area contributed by atoms with Crippen LogP contribution >= 0.6 is 0 Å². The SMILES string of the molecule is CCCNC1CCC(c2nc(C3CCCC3)no2)CC1. The van der Waals surface area contributed by atoms with Gasteiger partial charge in [-0.3, -0.25) is 0 Å². The molecule has 2 fully saturated rings. The first-order chi connectivity index (χ1) is 9.86. The van der Waals surface area contributed by atoms with E-state index in [2.05, 4.69) is 17.4 Å². The zero-order valence-corrected chi connectivity index (χ0v) is 12.6. The van der Waals surface area contributed by atoms with E-state index < -0.39 is 0 Å². The average Bonchev–Trinajstić information content (AvgIpc) is 3.16. The smallest absolute Gasteiger partial charge is 0.229 e. The number of aromatic nitrogens is 2. The molecule has 4 heteroatoms. The second-order valence-corrected chi connectivity index (χ2v) is 6.47. The third-order valence-corrected chi connectivity index (χ3v) is 4.94. The molecular weight excluding hydrogens is 250 g/mol. The molecule has 0 atom stereocenters. The molecule has 0 aliphatic heterocycles. The Balaban J connectivity index is 1.52. The van der Waals surface area contributed by atoms with Gasteiger partial charge in [0.15, 0.2) is 5.82 Å². The average molecular weight is 277 g/mol. The van der Waals surface area contributed by atoms with Crippen LogP contribution in [0.3, 0.4) is 0 Å². The van der Waals surface area contributed by atoms with Crippen molar-refractivity contribution in [2.45, 2.75) is 82.6 Å². The van der Waals surface area contributed by atoms with Crippen molar-refractivity contribution in [2.24, 2.45) is 0 Å². The maximum Gasteiger partial charge on any atom is 0.229 e. The monoisotopic (exact) mass is 277 g/mol. The van der Waals surface area contributed by atoms with Crippen LogP contribution in [0.5, 0.6) is 0 Å². The Hall–Kier alpha value is -0.900. The van der Waals surface area contributed by atoms with Gasteiger partial charge in [-0.15, -0.1) is 0 Å². The van der Waals surface area contributed by atoms with Gasteiger partial charge in [0.2, 0.25) is 5.89 Å². The molecule has 1 N–H and O–H groups in total. The van der Waals surface area contributed by atoms with Crippen LogP contribution in [0.1, 0.15) is 88.3 Å². The molecule has 0 amide bonds. The van der Waals surface area contributed by atoms with E-state index in [0.717, 1.165) is 18.3 Å². The summed E-state index contributed by atoms with van der Waals surface area (Å²) in [5.74, 6) is 2.94. The molecule has 0 spiro atoms. The summed E-state index contributed by atoms with van der Waals surface area (Å²) in [6.45, 7) is 3.36. The molecule has 3 rings (SSSR count). The normalized spacial score (nSPS) is 28.1. The molecule has 0 saturated heterocycles. The van der Waals surface area contributed by atoms with Crippen LogP contribution in [-0.4, -0.2) is 22.7 Å². The van der Waals surface area contributed by atoms with Crippen molar-refractivity contribution >= 4 is 0 Å². The van der Waals surface area contributed by atoms with E-state index in [9.17, 15) is 0 Å². The summed E-state index contributed by atoms with van der Waals surface area (Å²) < 4.78 is 5.55. The van der Waals surface area contributed by atoms with Crippen LogP contribution in [0.25, 0.3) is 0 Å². The first-order valence-corrected chi connectivity index (χ1v) is 8.43. The van der Waals surface area contributed by atoms with E-state index in [1.807, 2.05) is 0 Å². The Morgan fingerprint density at radius 1 is 1.05 bits per heavy atom. The van der Waals surface area contributed by atoms with Gasteiger partial charge in [0.1, 0.15) is 0 Å². The lowest BCUT2D eigenvalue weighted by atomic mass is 9.86. The van der Waals surface area contributed by atoms with E-state index in [1.165, 1.54) is 57.8 Å². The van der Waals surface area contributed by atoms with Gasteiger partial charge in [0.05, 0.1) is 0 Å². The predicted molar refractivity (Wildman–Crippen MR) is 78.8 cm³/mol. The van der Waals surface area contributed by atoms with Crippen molar-refractivity contribution in [3.63, 3.8) is 0 Å². The molecule has 4 nitrogen and oxygen atoms in total. The lowest BCUT2D eigenvalue weighted by Gasteiger charge is -2.27. The first-order valence-electron chi connectivity index (χ1n) is 8.43. The Bertz CT molecular complexity index is 404. The van der Waals surface area contributed by atoms with Crippen LogP contribution < -0.4 is 5.32 Å². The van der Waals surface area contributed by atoms with Gasteiger partial charge in [-0.05, 0) is 51.5 Å². The molecule has 2 aliphatic carbocycles. The van der Waals surface area contributed by atoms with E-state index in [1.54, 1.807) is 0 Å². The molecule has 0 bridgehead atoms. The number of nitrogens with zero attached hydrogens (tertiary/aromatic N) is 2. The van der Waals surface area contributed by atoms with Gasteiger partial charge in [-0.25, -0.2) is 0 Å². The summed E-state index contributed by atoms with van der Waals surface area (Å²) >= 11 is 0.